The SMILES string of the molecule is CNCc1cccc(C2CCN(C(=O)CCc3ccc(O)cc3)CC2)c1. The molecule has 138 valence electrons. The normalized spacial score (nSPS) is 15.2. The average Bonchev–Trinajstić information content (AvgIpc) is 2.68. The minimum absolute atomic E-state index is 0.237. The molecule has 0 bridgehead atoms. The van der Waals surface area contributed by atoms with E-state index >= 15 is 0 Å². The van der Waals surface area contributed by atoms with Crippen molar-refractivity contribution in [2.45, 2.75) is 38.1 Å². The number of benzene rings is 2. The fourth-order valence-corrected chi connectivity index (χ4v) is 3.70. The molecule has 0 spiro atoms. The molecule has 0 radical (unpaired) electrons. The van der Waals surface area contributed by atoms with Gasteiger partial charge in [0.15, 0.2) is 0 Å². The highest BCUT2D eigenvalue weighted by Gasteiger charge is 2.23. The van der Waals surface area contributed by atoms with Gasteiger partial charge in [0.05, 0.1) is 0 Å². The lowest BCUT2D eigenvalue weighted by molar-refractivity contribution is -0.132. The molecule has 1 fully saturated rings. The molecule has 1 aliphatic heterocycles. The molecule has 4 heteroatoms. The van der Waals surface area contributed by atoms with Crippen LogP contribution in [0, 0.1) is 0 Å². The third kappa shape index (κ3) is 4.85. The Morgan fingerprint density at radius 1 is 1.12 bits per heavy atom. The predicted octanol–water partition coefficient (Wildman–Crippen LogP) is 3.45. The maximum atomic E-state index is 12.5. The second kappa shape index (κ2) is 8.86. The fraction of sp³-hybridized carbons (Fsp3) is 0.409. The van der Waals surface area contributed by atoms with Gasteiger partial charge in [-0.3, -0.25) is 4.79 Å². The zero-order valence-electron chi connectivity index (χ0n) is 15.4. The van der Waals surface area contributed by atoms with E-state index in [0.717, 1.165) is 44.5 Å². The van der Waals surface area contributed by atoms with E-state index in [9.17, 15) is 9.90 Å². The number of aryl methyl sites for hydroxylation is 1. The average molecular weight is 352 g/mol. The number of nitrogens with one attached hydrogen (secondary N) is 1. The minimum atomic E-state index is 0.237. The maximum Gasteiger partial charge on any atom is 0.222 e. The second-order valence-corrected chi connectivity index (χ2v) is 7.10. The molecule has 2 N–H and O–H groups in total. The van der Waals surface area contributed by atoms with E-state index in [1.54, 1.807) is 12.1 Å². The number of aromatic hydroxyl groups is 1. The molecule has 0 aliphatic carbocycles. The number of nitrogens with zero attached hydrogens (tertiary/aromatic N) is 1. The summed E-state index contributed by atoms with van der Waals surface area (Å²) < 4.78 is 0. The quantitative estimate of drug-likeness (QED) is 0.837. The van der Waals surface area contributed by atoms with E-state index in [0.29, 0.717) is 12.3 Å². The summed E-state index contributed by atoms with van der Waals surface area (Å²) in [6.45, 7) is 2.58. The van der Waals surface area contributed by atoms with Crippen molar-refractivity contribution in [1.29, 1.82) is 0 Å². The Kier molecular flexibility index (Phi) is 6.29. The van der Waals surface area contributed by atoms with Crippen LogP contribution in [-0.4, -0.2) is 36.1 Å². The first-order valence-electron chi connectivity index (χ1n) is 9.45. The molecule has 1 saturated heterocycles. The third-order valence-corrected chi connectivity index (χ3v) is 5.21. The molecule has 0 unspecified atom stereocenters. The highest BCUT2D eigenvalue weighted by Crippen LogP contribution is 2.29. The molecule has 1 aliphatic rings. The summed E-state index contributed by atoms with van der Waals surface area (Å²) in [6.07, 6.45) is 3.33. The van der Waals surface area contributed by atoms with Crippen LogP contribution < -0.4 is 5.32 Å². The highest BCUT2D eigenvalue weighted by atomic mass is 16.3. The molecule has 0 saturated carbocycles. The van der Waals surface area contributed by atoms with Crippen molar-refractivity contribution in [2.75, 3.05) is 20.1 Å². The van der Waals surface area contributed by atoms with Crippen LogP contribution >= 0.6 is 0 Å². The zero-order chi connectivity index (χ0) is 18.4. The van der Waals surface area contributed by atoms with Gasteiger partial charge >= 0.3 is 0 Å². The van der Waals surface area contributed by atoms with E-state index < -0.39 is 0 Å². The summed E-state index contributed by atoms with van der Waals surface area (Å²) in [5.74, 6) is 1.05. The lowest BCUT2D eigenvalue weighted by Gasteiger charge is -2.32. The van der Waals surface area contributed by atoms with Gasteiger partial charge in [-0.25, -0.2) is 0 Å². The summed E-state index contributed by atoms with van der Waals surface area (Å²) in [5, 5.41) is 12.5. The molecule has 1 amide bonds. The largest absolute Gasteiger partial charge is 0.508 e. The van der Waals surface area contributed by atoms with Gasteiger partial charge in [-0.15, -0.1) is 0 Å². The van der Waals surface area contributed by atoms with E-state index in [4.69, 9.17) is 0 Å². The highest BCUT2D eigenvalue weighted by molar-refractivity contribution is 5.76. The Hall–Kier alpha value is -2.33. The predicted molar refractivity (Wildman–Crippen MR) is 104 cm³/mol. The molecule has 2 aromatic rings. The molecule has 0 atom stereocenters. The van der Waals surface area contributed by atoms with Crippen molar-refractivity contribution in [3.63, 3.8) is 0 Å². The summed E-state index contributed by atoms with van der Waals surface area (Å²) in [4.78, 5) is 14.5. The van der Waals surface area contributed by atoms with Crippen molar-refractivity contribution in [1.82, 2.24) is 10.2 Å². The summed E-state index contributed by atoms with van der Waals surface area (Å²) in [6, 6.07) is 15.9. The van der Waals surface area contributed by atoms with E-state index in [-0.39, 0.29) is 11.7 Å². The number of carbonyl (C=O) groups excluding carboxylic acids is 1. The number of phenolic OH excluding ortho intramolecular Hbond substituents is 1. The van der Waals surface area contributed by atoms with Crippen LogP contribution in [0.2, 0.25) is 0 Å². The number of likely N-dealkylation sites (tertiary alicyclic amines) is 1. The standard InChI is InChI=1S/C22H28N2O2/c1-23-16-18-3-2-4-20(15-18)19-11-13-24(14-12-19)22(26)10-7-17-5-8-21(25)9-6-17/h2-6,8-9,15,19,23,25H,7,10-14,16H2,1H3. The molecule has 4 nitrogen and oxygen atoms in total. The molecule has 26 heavy (non-hydrogen) atoms. The number of phenols is 1. The van der Waals surface area contributed by atoms with Gasteiger partial charge in [0.25, 0.3) is 0 Å². The Morgan fingerprint density at radius 3 is 2.54 bits per heavy atom. The molecular weight excluding hydrogens is 324 g/mol. The molecule has 1 heterocycles. The second-order valence-electron chi connectivity index (χ2n) is 7.10. The molecule has 3 rings (SSSR count). The number of piperidine rings is 1. The number of hydrogen-bond donors (Lipinski definition) is 2. The van der Waals surface area contributed by atoms with Crippen molar-refractivity contribution < 1.29 is 9.90 Å². The number of amides is 1. The summed E-state index contributed by atoms with van der Waals surface area (Å²) >= 11 is 0. The molecular formula is C22H28N2O2. The lowest BCUT2D eigenvalue weighted by Crippen LogP contribution is -2.38. The Morgan fingerprint density at radius 2 is 1.85 bits per heavy atom. The lowest BCUT2D eigenvalue weighted by atomic mass is 9.88. The van der Waals surface area contributed by atoms with Gasteiger partial charge in [-0.1, -0.05) is 36.4 Å². The van der Waals surface area contributed by atoms with Crippen molar-refractivity contribution >= 4 is 5.91 Å². The van der Waals surface area contributed by atoms with Crippen LogP contribution in [0.3, 0.4) is 0 Å². The van der Waals surface area contributed by atoms with E-state index in [1.807, 2.05) is 24.1 Å². The van der Waals surface area contributed by atoms with Gasteiger partial charge in [0.1, 0.15) is 5.75 Å². The first-order chi connectivity index (χ1) is 12.7. The van der Waals surface area contributed by atoms with Gasteiger partial charge < -0.3 is 15.3 Å². The minimum Gasteiger partial charge on any atom is -0.508 e. The maximum absolute atomic E-state index is 12.5. The van der Waals surface area contributed by atoms with Crippen molar-refractivity contribution in [3.8, 4) is 5.75 Å². The number of rotatable bonds is 6. The summed E-state index contributed by atoms with van der Waals surface area (Å²) in [7, 11) is 1.97. The summed E-state index contributed by atoms with van der Waals surface area (Å²) in [5.41, 5.74) is 3.80. The Bertz CT molecular complexity index is 719. The number of hydrogen-bond acceptors (Lipinski definition) is 3. The first-order valence-corrected chi connectivity index (χ1v) is 9.45. The van der Waals surface area contributed by atoms with E-state index in [1.165, 1.54) is 11.1 Å². The van der Waals surface area contributed by atoms with Gasteiger partial charge in [-0.05, 0) is 61.1 Å². The van der Waals surface area contributed by atoms with Gasteiger partial charge in [-0.2, -0.15) is 0 Å². The van der Waals surface area contributed by atoms with Crippen LogP contribution in [0.4, 0.5) is 0 Å². The van der Waals surface area contributed by atoms with Gasteiger partial charge in [0.2, 0.25) is 5.91 Å². The Labute approximate surface area is 155 Å². The Balaban J connectivity index is 1.49. The van der Waals surface area contributed by atoms with Gasteiger partial charge in [0, 0.05) is 26.1 Å². The smallest absolute Gasteiger partial charge is 0.222 e. The van der Waals surface area contributed by atoms with Crippen LogP contribution in [0.25, 0.3) is 0 Å². The molecule has 0 aromatic heterocycles. The zero-order valence-corrected chi connectivity index (χ0v) is 15.4. The van der Waals surface area contributed by atoms with E-state index in [2.05, 4.69) is 29.6 Å². The molecule has 2 aromatic carbocycles. The topological polar surface area (TPSA) is 52.6 Å². The third-order valence-electron chi connectivity index (χ3n) is 5.21. The van der Waals surface area contributed by atoms with Crippen LogP contribution in [0.1, 0.15) is 41.9 Å². The monoisotopic (exact) mass is 352 g/mol. The number of carbonyl (C=O) groups is 1. The van der Waals surface area contributed by atoms with Crippen LogP contribution in [0.5, 0.6) is 5.75 Å². The first kappa shape index (κ1) is 18.5. The van der Waals surface area contributed by atoms with Crippen LogP contribution in [-0.2, 0) is 17.8 Å². The fourth-order valence-electron chi connectivity index (χ4n) is 3.70. The van der Waals surface area contributed by atoms with Crippen molar-refractivity contribution in [2.24, 2.45) is 0 Å². The van der Waals surface area contributed by atoms with Crippen molar-refractivity contribution in [3.05, 3.63) is 65.2 Å². The van der Waals surface area contributed by atoms with Crippen LogP contribution in [0.15, 0.2) is 48.5 Å².